The lowest BCUT2D eigenvalue weighted by molar-refractivity contribution is 0.104. The van der Waals surface area contributed by atoms with Crippen LogP contribution in [0, 0.1) is 0 Å². The molecule has 0 radical (unpaired) electrons. The minimum Gasteiger partial charge on any atom is -0.493 e. The van der Waals surface area contributed by atoms with Crippen molar-refractivity contribution in [2.45, 2.75) is 19.1 Å². The molecule has 2 heterocycles. The topological polar surface area (TPSA) is 63.9 Å². The molecule has 5 rings (SSSR count). The Bertz CT molecular complexity index is 1420. The van der Waals surface area contributed by atoms with E-state index in [4.69, 9.17) is 9.47 Å². The number of ether oxygens (including phenoxy) is 2. The standard InChI is InChI=1S/C30H30N2O4/c1-35-29-14-12-22(17-30(29)36-2)28(34)13-11-23-18-32(27-10-6-4-8-25(23)27)20-24(33)19-31-16-15-21-7-3-5-9-26(21)31/h3-14,17-18,24,33H,15-16,19-20H2,1-2H3/b13-11-/t24-/m0/s1. The number of carbonyl (C=O) groups excluding carboxylic acids is 1. The van der Waals surface area contributed by atoms with Crippen LogP contribution in [0.2, 0.25) is 0 Å². The number of aromatic nitrogens is 1. The van der Waals surface area contributed by atoms with E-state index in [2.05, 4.69) is 27.7 Å². The molecule has 1 aliphatic rings. The van der Waals surface area contributed by atoms with E-state index < -0.39 is 6.10 Å². The SMILES string of the molecule is COc1ccc(C(=O)/C=C\c2cn(C[C@@H](O)CN3CCc4ccccc43)c3ccccc23)cc1OC. The van der Waals surface area contributed by atoms with Gasteiger partial charge in [-0.2, -0.15) is 0 Å². The van der Waals surface area contributed by atoms with Crippen molar-refractivity contribution in [3.63, 3.8) is 0 Å². The molecule has 6 heteroatoms. The van der Waals surface area contributed by atoms with Gasteiger partial charge in [-0.1, -0.05) is 36.4 Å². The zero-order valence-electron chi connectivity index (χ0n) is 20.6. The van der Waals surface area contributed by atoms with Crippen LogP contribution in [0.1, 0.15) is 21.5 Å². The molecule has 36 heavy (non-hydrogen) atoms. The van der Waals surface area contributed by atoms with E-state index in [1.165, 1.54) is 11.3 Å². The Morgan fingerprint density at radius 1 is 1.00 bits per heavy atom. The van der Waals surface area contributed by atoms with E-state index in [1.54, 1.807) is 38.5 Å². The number of benzene rings is 3. The molecule has 1 aromatic heterocycles. The molecule has 0 bridgehead atoms. The number of para-hydroxylation sites is 2. The molecule has 0 spiro atoms. The number of aliphatic hydroxyl groups is 1. The van der Waals surface area contributed by atoms with Gasteiger partial charge in [0.25, 0.3) is 0 Å². The molecule has 0 unspecified atom stereocenters. The highest BCUT2D eigenvalue weighted by Crippen LogP contribution is 2.29. The first kappa shape index (κ1) is 23.7. The lowest BCUT2D eigenvalue weighted by atomic mass is 10.1. The second kappa shape index (κ2) is 10.3. The smallest absolute Gasteiger partial charge is 0.185 e. The summed E-state index contributed by atoms with van der Waals surface area (Å²) in [7, 11) is 3.11. The zero-order chi connectivity index (χ0) is 25.1. The van der Waals surface area contributed by atoms with E-state index in [1.807, 2.05) is 42.6 Å². The summed E-state index contributed by atoms with van der Waals surface area (Å²) in [5, 5.41) is 12.0. The average molecular weight is 483 g/mol. The molecule has 1 N–H and O–H groups in total. The third-order valence-corrected chi connectivity index (χ3v) is 6.72. The number of rotatable bonds is 9. The highest BCUT2D eigenvalue weighted by Gasteiger charge is 2.21. The Balaban J connectivity index is 1.34. The first-order valence-electron chi connectivity index (χ1n) is 12.1. The monoisotopic (exact) mass is 482 g/mol. The number of fused-ring (bicyclic) bond motifs is 2. The van der Waals surface area contributed by atoms with Crippen LogP contribution in [-0.4, -0.2) is 48.9 Å². The number of methoxy groups -OCH3 is 2. The van der Waals surface area contributed by atoms with Gasteiger partial charge in [0.2, 0.25) is 0 Å². The fraction of sp³-hybridized carbons (Fsp3) is 0.233. The Labute approximate surface area is 211 Å². The first-order valence-corrected chi connectivity index (χ1v) is 12.1. The zero-order valence-corrected chi connectivity index (χ0v) is 20.6. The second-order valence-corrected chi connectivity index (χ2v) is 9.00. The van der Waals surface area contributed by atoms with E-state index >= 15 is 0 Å². The number of allylic oxidation sites excluding steroid dienone is 1. The second-order valence-electron chi connectivity index (χ2n) is 9.00. The maximum atomic E-state index is 12.9. The minimum atomic E-state index is -0.530. The van der Waals surface area contributed by atoms with Crippen molar-refractivity contribution in [2.75, 3.05) is 32.2 Å². The number of nitrogens with zero attached hydrogens (tertiary/aromatic N) is 2. The van der Waals surface area contributed by atoms with Crippen molar-refractivity contribution < 1.29 is 19.4 Å². The Hall–Kier alpha value is -4.03. The molecule has 6 nitrogen and oxygen atoms in total. The Morgan fingerprint density at radius 3 is 2.61 bits per heavy atom. The molecule has 184 valence electrons. The van der Waals surface area contributed by atoms with Gasteiger partial charge in [0.1, 0.15) is 0 Å². The van der Waals surface area contributed by atoms with Gasteiger partial charge >= 0.3 is 0 Å². The molecular formula is C30H30N2O4. The van der Waals surface area contributed by atoms with E-state index in [0.29, 0.717) is 30.2 Å². The molecular weight excluding hydrogens is 452 g/mol. The van der Waals surface area contributed by atoms with Crippen molar-refractivity contribution in [2.24, 2.45) is 0 Å². The first-order chi connectivity index (χ1) is 17.6. The van der Waals surface area contributed by atoms with Gasteiger partial charge < -0.3 is 24.0 Å². The molecule has 0 saturated heterocycles. The van der Waals surface area contributed by atoms with Crippen LogP contribution in [0.25, 0.3) is 17.0 Å². The number of ketones is 1. The fourth-order valence-electron chi connectivity index (χ4n) is 4.95. The fourth-order valence-corrected chi connectivity index (χ4v) is 4.95. The number of anilines is 1. The summed E-state index contributed by atoms with van der Waals surface area (Å²) in [5.74, 6) is 0.973. The highest BCUT2D eigenvalue weighted by molar-refractivity contribution is 6.08. The van der Waals surface area contributed by atoms with Crippen molar-refractivity contribution >= 4 is 28.4 Å². The average Bonchev–Trinajstić information content (AvgIpc) is 3.48. The summed E-state index contributed by atoms with van der Waals surface area (Å²) in [5.41, 5.74) is 5.03. The Kier molecular flexibility index (Phi) is 6.78. The third kappa shape index (κ3) is 4.72. The molecule has 1 aliphatic heterocycles. The largest absolute Gasteiger partial charge is 0.493 e. The number of carbonyl (C=O) groups is 1. The van der Waals surface area contributed by atoms with Gasteiger partial charge in [-0.25, -0.2) is 0 Å². The van der Waals surface area contributed by atoms with Crippen LogP contribution in [0.3, 0.4) is 0 Å². The van der Waals surface area contributed by atoms with Gasteiger partial charge in [-0.3, -0.25) is 4.79 Å². The number of aliphatic hydroxyl groups excluding tert-OH is 1. The normalized spacial score (nSPS) is 13.8. The van der Waals surface area contributed by atoms with Gasteiger partial charge in [0.05, 0.1) is 26.9 Å². The van der Waals surface area contributed by atoms with Crippen LogP contribution < -0.4 is 14.4 Å². The lowest BCUT2D eigenvalue weighted by Gasteiger charge is -2.23. The van der Waals surface area contributed by atoms with Gasteiger partial charge in [-0.15, -0.1) is 0 Å². The van der Waals surface area contributed by atoms with Crippen LogP contribution in [-0.2, 0) is 13.0 Å². The van der Waals surface area contributed by atoms with Gasteiger partial charge in [0, 0.05) is 47.0 Å². The molecule has 3 aromatic carbocycles. The van der Waals surface area contributed by atoms with Crippen molar-refractivity contribution in [1.29, 1.82) is 0 Å². The summed E-state index contributed by atoms with van der Waals surface area (Å²) < 4.78 is 12.7. The molecule has 0 aliphatic carbocycles. The molecule has 1 atom stereocenters. The number of β-amino-alcohol motifs (C(OH)–C–C–N with tert-alkyl or cyclic N) is 1. The van der Waals surface area contributed by atoms with E-state index in [9.17, 15) is 9.90 Å². The van der Waals surface area contributed by atoms with Crippen LogP contribution in [0.5, 0.6) is 11.5 Å². The maximum Gasteiger partial charge on any atom is 0.185 e. The molecule has 0 fully saturated rings. The molecule has 4 aromatic rings. The van der Waals surface area contributed by atoms with Crippen LogP contribution in [0.4, 0.5) is 5.69 Å². The summed E-state index contributed by atoms with van der Waals surface area (Å²) >= 11 is 0. The predicted molar refractivity (Wildman–Crippen MR) is 143 cm³/mol. The third-order valence-electron chi connectivity index (χ3n) is 6.72. The van der Waals surface area contributed by atoms with E-state index in [0.717, 1.165) is 29.4 Å². The van der Waals surface area contributed by atoms with Crippen LogP contribution >= 0.6 is 0 Å². The summed E-state index contributed by atoms with van der Waals surface area (Å²) in [6.07, 6.45) is 5.89. The van der Waals surface area contributed by atoms with Crippen molar-refractivity contribution in [1.82, 2.24) is 4.57 Å². The van der Waals surface area contributed by atoms with Gasteiger partial charge in [-0.05, 0) is 54.5 Å². The lowest BCUT2D eigenvalue weighted by Crippen LogP contribution is -2.33. The van der Waals surface area contributed by atoms with Crippen molar-refractivity contribution in [3.8, 4) is 11.5 Å². The van der Waals surface area contributed by atoms with E-state index in [-0.39, 0.29) is 5.78 Å². The van der Waals surface area contributed by atoms with Crippen molar-refractivity contribution in [3.05, 3.63) is 95.7 Å². The summed E-state index contributed by atoms with van der Waals surface area (Å²) in [6.45, 7) is 1.97. The quantitative estimate of drug-likeness (QED) is 0.269. The number of hydrogen-bond donors (Lipinski definition) is 1. The summed E-state index contributed by atoms with van der Waals surface area (Å²) in [6, 6.07) is 21.6. The highest BCUT2D eigenvalue weighted by atomic mass is 16.5. The number of hydrogen-bond acceptors (Lipinski definition) is 5. The molecule has 0 saturated carbocycles. The van der Waals surface area contributed by atoms with Crippen LogP contribution in [0.15, 0.2) is 79.0 Å². The minimum absolute atomic E-state index is 0.125. The predicted octanol–water partition coefficient (Wildman–Crippen LogP) is 4.98. The van der Waals surface area contributed by atoms with Gasteiger partial charge in [0.15, 0.2) is 17.3 Å². The summed E-state index contributed by atoms with van der Waals surface area (Å²) in [4.78, 5) is 15.1. The Morgan fingerprint density at radius 2 is 1.78 bits per heavy atom. The molecule has 0 amide bonds. The maximum absolute atomic E-state index is 12.9.